The fraction of sp³-hybridized carbons (Fsp3) is 0.417. The largest absolute Gasteiger partial charge is 0.355 e. The molecule has 1 rings (SSSR count). The van der Waals surface area contributed by atoms with Crippen molar-refractivity contribution in [1.29, 1.82) is 0 Å². The Hall–Kier alpha value is -1.31. The summed E-state index contributed by atoms with van der Waals surface area (Å²) in [5.41, 5.74) is 5.62. The number of nitro groups is 1. The zero-order valence-electron chi connectivity index (χ0n) is 11.1. The first-order valence-corrected chi connectivity index (χ1v) is 6.87. The van der Waals surface area contributed by atoms with Gasteiger partial charge in [0, 0.05) is 29.6 Å². The van der Waals surface area contributed by atoms with E-state index in [9.17, 15) is 14.9 Å². The molecule has 0 aromatic heterocycles. The molecule has 0 spiro atoms. The molecule has 0 aliphatic carbocycles. The first-order valence-electron chi connectivity index (χ1n) is 5.88. The van der Waals surface area contributed by atoms with Crippen molar-refractivity contribution in [3.8, 4) is 0 Å². The summed E-state index contributed by atoms with van der Waals surface area (Å²) >= 11 is 1.34. The third-order valence-electron chi connectivity index (χ3n) is 2.34. The smallest absolute Gasteiger partial charge is 0.269 e. The van der Waals surface area contributed by atoms with Gasteiger partial charge in [-0.15, -0.1) is 24.2 Å². The van der Waals surface area contributed by atoms with E-state index in [0.29, 0.717) is 6.54 Å². The Kier molecular flexibility index (Phi) is 8.94. The molecule has 1 amide bonds. The van der Waals surface area contributed by atoms with Gasteiger partial charge < -0.3 is 11.1 Å². The normalized spacial score (nSPS) is 11.3. The summed E-state index contributed by atoms with van der Waals surface area (Å²) in [6, 6.07) is 6.20. The van der Waals surface area contributed by atoms with Crippen molar-refractivity contribution in [2.75, 3.05) is 12.3 Å². The van der Waals surface area contributed by atoms with Crippen LogP contribution in [0.1, 0.15) is 13.3 Å². The summed E-state index contributed by atoms with van der Waals surface area (Å²) < 4.78 is 0. The van der Waals surface area contributed by atoms with Crippen LogP contribution in [0.2, 0.25) is 0 Å². The zero-order valence-corrected chi connectivity index (χ0v) is 12.7. The van der Waals surface area contributed by atoms with Crippen LogP contribution in [0.3, 0.4) is 0 Å². The lowest BCUT2D eigenvalue weighted by molar-refractivity contribution is -0.384. The van der Waals surface area contributed by atoms with E-state index in [1.165, 1.54) is 23.9 Å². The number of nitrogens with one attached hydrogen (secondary N) is 1. The molecule has 0 fully saturated rings. The molecule has 20 heavy (non-hydrogen) atoms. The fourth-order valence-electron chi connectivity index (χ4n) is 1.30. The molecule has 0 radical (unpaired) electrons. The van der Waals surface area contributed by atoms with Crippen LogP contribution in [-0.4, -0.2) is 29.2 Å². The maximum absolute atomic E-state index is 11.5. The number of hydrogen-bond acceptors (Lipinski definition) is 5. The third-order valence-corrected chi connectivity index (χ3v) is 3.35. The SMILES string of the molecule is CC(N)CCNC(=O)CSc1ccc([N+](=O)[O-])cc1.Cl. The molecule has 0 heterocycles. The summed E-state index contributed by atoms with van der Waals surface area (Å²) in [4.78, 5) is 22.3. The summed E-state index contributed by atoms with van der Waals surface area (Å²) in [5, 5.41) is 13.2. The van der Waals surface area contributed by atoms with Gasteiger partial charge in [0.25, 0.3) is 5.69 Å². The van der Waals surface area contributed by atoms with Crippen LogP contribution in [0.4, 0.5) is 5.69 Å². The second kappa shape index (κ2) is 9.57. The summed E-state index contributed by atoms with van der Waals surface area (Å²) in [7, 11) is 0. The highest BCUT2D eigenvalue weighted by Crippen LogP contribution is 2.20. The van der Waals surface area contributed by atoms with Crippen LogP contribution in [0, 0.1) is 10.1 Å². The van der Waals surface area contributed by atoms with Crippen LogP contribution in [0.15, 0.2) is 29.2 Å². The van der Waals surface area contributed by atoms with Gasteiger partial charge in [0.1, 0.15) is 0 Å². The second-order valence-corrected chi connectivity index (χ2v) is 5.20. The van der Waals surface area contributed by atoms with E-state index < -0.39 is 4.92 Å². The van der Waals surface area contributed by atoms with Gasteiger partial charge in [0.15, 0.2) is 0 Å². The number of carbonyl (C=O) groups is 1. The molecular weight excluding hydrogens is 302 g/mol. The van der Waals surface area contributed by atoms with Crippen molar-refractivity contribution in [3.05, 3.63) is 34.4 Å². The summed E-state index contributed by atoms with van der Waals surface area (Å²) in [5.74, 6) is 0.223. The number of halogens is 1. The Labute approximate surface area is 128 Å². The quantitative estimate of drug-likeness (QED) is 0.455. The van der Waals surface area contributed by atoms with E-state index in [1.54, 1.807) is 12.1 Å². The van der Waals surface area contributed by atoms with Crippen molar-refractivity contribution >= 4 is 35.8 Å². The van der Waals surface area contributed by atoms with Crippen LogP contribution in [0.5, 0.6) is 0 Å². The average Bonchev–Trinajstić information content (AvgIpc) is 2.36. The van der Waals surface area contributed by atoms with E-state index in [-0.39, 0.29) is 35.8 Å². The molecule has 6 nitrogen and oxygen atoms in total. The maximum atomic E-state index is 11.5. The second-order valence-electron chi connectivity index (χ2n) is 4.16. The van der Waals surface area contributed by atoms with E-state index >= 15 is 0 Å². The van der Waals surface area contributed by atoms with Gasteiger partial charge in [0.2, 0.25) is 5.91 Å². The molecule has 1 unspecified atom stereocenters. The number of non-ortho nitro benzene ring substituents is 1. The highest BCUT2D eigenvalue weighted by atomic mass is 35.5. The first-order chi connectivity index (χ1) is 8.99. The van der Waals surface area contributed by atoms with Gasteiger partial charge in [-0.1, -0.05) is 0 Å². The number of nitro benzene ring substituents is 1. The molecule has 1 aromatic carbocycles. The van der Waals surface area contributed by atoms with Gasteiger partial charge in [0.05, 0.1) is 10.7 Å². The van der Waals surface area contributed by atoms with Gasteiger partial charge in [-0.3, -0.25) is 14.9 Å². The molecule has 3 N–H and O–H groups in total. The summed E-state index contributed by atoms with van der Waals surface area (Å²) in [6.45, 7) is 2.45. The van der Waals surface area contributed by atoms with Gasteiger partial charge >= 0.3 is 0 Å². The molecule has 0 bridgehead atoms. The van der Waals surface area contributed by atoms with Crippen LogP contribution >= 0.6 is 24.2 Å². The number of thioether (sulfide) groups is 1. The minimum absolute atomic E-state index is 0. The van der Waals surface area contributed by atoms with Crippen molar-refractivity contribution in [2.45, 2.75) is 24.3 Å². The van der Waals surface area contributed by atoms with Crippen molar-refractivity contribution in [3.63, 3.8) is 0 Å². The van der Waals surface area contributed by atoms with Crippen molar-refractivity contribution in [1.82, 2.24) is 5.32 Å². The molecule has 0 aliphatic heterocycles. The number of nitrogens with zero attached hydrogens (tertiary/aromatic N) is 1. The molecule has 0 saturated carbocycles. The monoisotopic (exact) mass is 319 g/mol. The Morgan fingerprint density at radius 2 is 2.05 bits per heavy atom. The Balaban J connectivity index is 0.00000361. The highest BCUT2D eigenvalue weighted by Gasteiger charge is 2.06. The Morgan fingerprint density at radius 3 is 2.55 bits per heavy atom. The lowest BCUT2D eigenvalue weighted by Crippen LogP contribution is -2.30. The van der Waals surface area contributed by atoms with E-state index in [1.807, 2.05) is 6.92 Å². The van der Waals surface area contributed by atoms with Crippen LogP contribution in [-0.2, 0) is 4.79 Å². The van der Waals surface area contributed by atoms with Crippen LogP contribution in [0.25, 0.3) is 0 Å². The highest BCUT2D eigenvalue weighted by molar-refractivity contribution is 8.00. The molecule has 0 saturated heterocycles. The number of amides is 1. The van der Waals surface area contributed by atoms with E-state index in [2.05, 4.69) is 5.32 Å². The topological polar surface area (TPSA) is 98.3 Å². The Bertz CT molecular complexity index is 440. The maximum Gasteiger partial charge on any atom is 0.269 e. The molecule has 8 heteroatoms. The fourth-order valence-corrected chi connectivity index (χ4v) is 2.03. The predicted octanol–water partition coefficient (Wildman–Crippen LogP) is 1.96. The molecular formula is C12H18ClN3O3S. The Morgan fingerprint density at radius 1 is 1.45 bits per heavy atom. The number of nitrogens with two attached hydrogens (primary N) is 1. The predicted molar refractivity (Wildman–Crippen MR) is 82.3 cm³/mol. The molecule has 0 aliphatic rings. The number of rotatable bonds is 7. The van der Waals surface area contributed by atoms with Gasteiger partial charge in [-0.05, 0) is 25.5 Å². The average molecular weight is 320 g/mol. The molecule has 1 atom stereocenters. The van der Waals surface area contributed by atoms with E-state index in [0.717, 1.165) is 11.3 Å². The van der Waals surface area contributed by atoms with E-state index in [4.69, 9.17) is 5.73 Å². The standard InChI is InChI=1S/C12H17N3O3S.ClH/c1-9(13)6-7-14-12(16)8-19-11-4-2-10(3-5-11)15(17)18;/h2-5,9H,6-8,13H2,1H3,(H,14,16);1H. The van der Waals surface area contributed by atoms with Gasteiger partial charge in [-0.2, -0.15) is 0 Å². The minimum atomic E-state index is -0.449. The van der Waals surface area contributed by atoms with Crippen molar-refractivity contribution < 1.29 is 9.72 Å². The zero-order chi connectivity index (χ0) is 14.3. The minimum Gasteiger partial charge on any atom is -0.355 e. The van der Waals surface area contributed by atoms with Crippen molar-refractivity contribution in [2.24, 2.45) is 5.73 Å². The summed E-state index contributed by atoms with van der Waals surface area (Å²) in [6.07, 6.45) is 0.744. The lowest BCUT2D eigenvalue weighted by atomic mass is 10.2. The van der Waals surface area contributed by atoms with Crippen LogP contribution < -0.4 is 11.1 Å². The molecule has 1 aromatic rings. The third kappa shape index (κ3) is 7.32. The number of hydrogen-bond donors (Lipinski definition) is 2. The number of carbonyl (C=O) groups excluding carboxylic acids is 1. The lowest BCUT2D eigenvalue weighted by Gasteiger charge is -2.07. The molecule has 112 valence electrons. The number of benzene rings is 1. The first kappa shape index (κ1) is 18.7. The van der Waals surface area contributed by atoms with Gasteiger partial charge in [-0.25, -0.2) is 0 Å².